The fourth-order valence-corrected chi connectivity index (χ4v) is 8.01. The molecule has 0 aliphatic heterocycles. The Balaban J connectivity index is 0. The van der Waals surface area contributed by atoms with Crippen LogP contribution in [-0.2, 0) is 41.0 Å². The first-order valence-electron chi connectivity index (χ1n) is 13.5. The Bertz CT molecular complexity index is 939. The molecular formula is C32H45Cl3SiTi. The van der Waals surface area contributed by atoms with Crippen molar-refractivity contribution in [3.05, 3.63) is 89.0 Å². The zero-order chi connectivity index (χ0) is 23.5. The fraction of sp³-hybridized carbons (Fsp3) is 0.469. The average molecular weight is 612 g/mol. The van der Waals surface area contributed by atoms with Gasteiger partial charge in [0.1, 0.15) is 0 Å². The van der Waals surface area contributed by atoms with E-state index in [2.05, 4.69) is 93.7 Å². The minimum absolute atomic E-state index is 0. The van der Waals surface area contributed by atoms with Gasteiger partial charge in [0, 0.05) is 0 Å². The van der Waals surface area contributed by atoms with Crippen molar-refractivity contribution >= 4 is 18.4 Å². The summed E-state index contributed by atoms with van der Waals surface area (Å²) in [5, 5.41) is 3.24. The molecule has 3 aromatic rings. The molecule has 3 aromatic carbocycles. The molecule has 0 N–H and O–H groups in total. The molecule has 5 heteroatoms. The first-order valence-corrected chi connectivity index (χ1v) is 16.5. The summed E-state index contributed by atoms with van der Waals surface area (Å²) in [6, 6.07) is 25.7. The second kappa shape index (κ2) is 20.5. The predicted molar refractivity (Wildman–Crippen MR) is 150 cm³/mol. The molecule has 0 unspecified atom stereocenters. The summed E-state index contributed by atoms with van der Waals surface area (Å²) in [5.41, 5.74) is 6.09. The van der Waals surface area contributed by atoms with Gasteiger partial charge in [-0.15, -0.1) is 0 Å². The average Bonchev–Trinajstić information content (AvgIpc) is 3.29. The molecule has 0 atom stereocenters. The molecule has 0 spiro atoms. The third kappa shape index (κ3) is 12.1. The number of benzene rings is 2. The summed E-state index contributed by atoms with van der Waals surface area (Å²) < 4.78 is 0. The van der Waals surface area contributed by atoms with Crippen molar-refractivity contribution < 1.29 is 58.9 Å². The Morgan fingerprint density at radius 2 is 1.16 bits per heavy atom. The van der Waals surface area contributed by atoms with Crippen molar-refractivity contribution in [1.29, 1.82) is 0 Å². The van der Waals surface area contributed by atoms with Gasteiger partial charge in [-0.3, -0.25) is 0 Å². The maximum Gasteiger partial charge on any atom is 4.00 e. The van der Waals surface area contributed by atoms with Gasteiger partial charge >= 0.3 is 21.7 Å². The van der Waals surface area contributed by atoms with Crippen molar-refractivity contribution in [3.8, 4) is 0 Å². The second-order valence-electron chi connectivity index (χ2n) is 10.4. The third-order valence-corrected chi connectivity index (χ3v) is 10.8. The Kier molecular flexibility index (Phi) is 21.5. The van der Waals surface area contributed by atoms with Crippen molar-refractivity contribution in [2.45, 2.75) is 97.6 Å². The van der Waals surface area contributed by atoms with Gasteiger partial charge in [0.25, 0.3) is 0 Å². The first kappa shape index (κ1) is 38.7. The van der Waals surface area contributed by atoms with Crippen LogP contribution in [0.4, 0.5) is 0 Å². The van der Waals surface area contributed by atoms with Crippen LogP contribution in [0.5, 0.6) is 0 Å². The molecule has 0 fully saturated rings. The van der Waals surface area contributed by atoms with Gasteiger partial charge in [-0.2, -0.15) is 16.8 Å². The van der Waals surface area contributed by atoms with E-state index in [1.54, 1.807) is 21.5 Å². The molecule has 0 radical (unpaired) electrons. The Labute approximate surface area is 262 Å². The van der Waals surface area contributed by atoms with Gasteiger partial charge in [0.15, 0.2) is 0 Å². The maximum absolute atomic E-state index is 2.58. The van der Waals surface area contributed by atoms with Gasteiger partial charge < -0.3 is 37.2 Å². The number of unbranched alkanes of at least 4 members (excludes halogenated alkanes) is 6. The molecule has 0 saturated heterocycles. The monoisotopic (exact) mass is 610 g/mol. The van der Waals surface area contributed by atoms with Crippen LogP contribution < -0.4 is 47.6 Å². The molecule has 37 heavy (non-hydrogen) atoms. The van der Waals surface area contributed by atoms with Crippen LogP contribution in [0, 0.1) is 0 Å². The van der Waals surface area contributed by atoms with E-state index in [0.717, 1.165) is 6.42 Å². The number of halogens is 3. The standard InChI is InChI=1S/C32H45Si.3ClH.Ti/c1-5-7-9-12-19-28-23-29(20-13-10-8-6-2)26-31(25-28)33(3,4)32-22-16-21-30(32)24-27-17-14-11-15-18-27;;;;/h11,14-18,21-23,25-26H,5-10,12-13,19-20,24H2,1-4H3;3*1H;/q-1;;;;+4/p-3. The van der Waals surface area contributed by atoms with Crippen LogP contribution in [0.25, 0.3) is 0 Å². The molecule has 0 aliphatic rings. The Hall–Kier alpha value is -0.409. The number of rotatable bonds is 14. The smallest absolute Gasteiger partial charge is 1.00 e. The summed E-state index contributed by atoms with van der Waals surface area (Å²) in [6.45, 7) is 9.73. The van der Waals surface area contributed by atoms with Gasteiger partial charge in [-0.1, -0.05) is 119 Å². The number of hydrogen-bond donors (Lipinski definition) is 0. The van der Waals surface area contributed by atoms with E-state index in [1.165, 1.54) is 75.3 Å². The van der Waals surface area contributed by atoms with Crippen LogP contribution in [0.1, 0.15) is 87.5 Å². The summed E-state index contributed by atoms with van der Waals surface area (Å²) in [4.78, 5) is 0. The largest absolute Gasteiger partial charge is 4.00 e. The van der Waals surface area contributed by atoms with Gasteiger partial charge in [0.2, 0.25) is 0 Å². The van der Waals surface area contributed by atoms with E-state index in [0.29, 0.717) is 0 Å². The molecular weight excluding hydrogens is 567 g/mol. The Morgan fingerprint density at radius 1 is 0.622 bits per heavy atom. The molecule has 0 amide bonds. The summed E-state index contributed by atoms with van der Waals surface area (Å²) in [5.74, 6) is 0. The van der Waals surface area contributed by atoms with Gasteiger partial charge in [-0.05, 0) is 48.8 Å². The topological polar surface area (TPSA) is 0 Å². The Morgan fingerprint density at radius 3 is 1.68 bits per heavy atom. The molecule has 0 saturated carbocycles. The molecule has 0 bridgehead atoms. The van der Waals surface area contributed by atoms with Crippen molar-refractivity contribution in [1.82, 2.24) is 0 Å². The molecule has 0 aromatic heterocycles. The second-order valence-corrected chi connectivity index (χ2v) is 14.8. The minimum Gasteiger partial charge on any atom is -1.00 e. The van der Waals surface area contributed by atoms with Crippen LogP contribution in [-0.4, -0.2) is 8.07 Å². The van der Waals surface area contributed by atoms with Crippen LogP contribution >= 0.6 is 0 Å². The molecule has 0 nitrogen and oxygen atoms in total. The van der Waals surface area contributed by atoms with Gasteiger partial charge in [0.05, 0.1) is 8.07 Å². The van der Waals surface area contributed by atoms with E-state index in [-0.39, 0.29) is 58.9 Å². The summed E-state index contributed by atoms with van der Waals surface area (Å²) >= 11 is 0. The normalized spacial score (nSPS) is 10.5. The molecule has 3 rings (SSSR count). The summed E-state index contributed by atoms with van der Waals surface area (Å²) in [7, 11) is -1.77. The maximum atomic E-state index is 2.58. The fourth-order valence-electron chi connectivity index (χ4n) is 5.12. The predicted octanol–water partition coefficient (Wildman–Crippen LogP) is -0.926. The number of aryl methyl sites for hydroxylation is 2. The van der Waals surface area contributed by atoms with E-state index in [4.69, 9.17) is 0 Å². The van der Waals surface area contributed by atoms with Crippen molar-refractivity contribution in [3.63, 3.8) is 0 Å². The van der Waals surface area contributed by atoms with Crippen molar-refractivity contribution in [2.24, 2.45) is 0 Å². The van der Waals surface area contributed by atoms with Crippen LogP contribution in [0.2, 0.25) is 13.1 Å². The number of hydrogen-bond acceptors (Lipinski definition) is 0. The van der Waals surface area contributed by atoms with E-state index in [1.807, 2.05) is 0 Å². The molecule has 202 valence electrons. The van der Waals surface area contributed by atoms with Crippen molar-refractivity contribution in [2.75, 3.05) is 0 Å². The van der Waals surface area contributed by atoms with Gasteiger partial charge in [-0.25, -0.2) is 12.1 Å². The molecule has 0 heterocycles. The third-order valence-electron chi connectivity index (χ3n) is 7.23. The SMILES string of the molecule is CCCCCCc1cc(CCCCCC)cc([Si](C)(C)[c-]2cccc2Cc2ccccc2)c1.[Cl-].[Cl-].[Cl-].[Ti+4]. The van der Waals surface area contributed by atoms with Crippen LogP contribution in [0.3, 0.4) is 0 Å². The van der Waals surface area contributed by atoms with Crippen LogP contribution in [0.15, 0.2) is 66.7 Å². The quantitative estimate of drug-likeness (QED) is 0.126. The van der Waals surface area contributed by atoms with E-state index >= 15 is 0 Å². The zero-order valence-corrected chi connectivity index (χ0v) is 28.1. The summed E-state index contributed by atoms with van der Waals surface area (Å²) in [6.07, 6.45) is 14.2. The van der Waals surface area contributed by atoms with E-state index < -0.39 is 8.07 Å². The van der Waals surface area contributed by atoms with E-state index in [9.17, 15) is 0 Å². The minimum atomic E-state index is -1.77. The molecule has 0 aliphatic carbocycles. The zero-order valence-electron chi connectivity index (χ0n) is 23.3. The first-order chi connectivity index (χ1) is 16.0.